The maximum atomic E-state index is 10.9. The highest BCUT2D eigenvalue weighted by Crippen LogP contribution is 1.90. The summed E-state index contributed by atoms with van der Waals surface area (Å²) in [5, 5.41) is 5.27. The van der Waals surface area contributed by atoms with Gasteiger partial charge >= 0.3 is 6.03 Å². The summed E-state index contributed by atoms with van der Waals surface area (Å²) < 4.78 is 0. The summed E-state index contributed by atoms with van der Waals surface area (Å²) in [5.41, 5.74) is 5.35. The zero-order valence-electron chi connectivity index (χ0n) is 7.89. The number of carbonyl (C=O) groups is 1. The van der Waals surface area contributed by atoms with E-state index in [9.17, 15) is 4.79 Å². The number of hydrogen-bond acceptors (Lipinski definition) is 2. The highest BCUT2D eigenvalue weighted by Gasteiger charge is 1.99. The Balaban J connectivity index is 3.20. The van der Waals surface area contributed by atoms with Crippen LogP contribution in [0.25, 0.3) is 0 Å². The zero-order valence-corrected chi connectivity index (χ0v) is 7.89. The lowest BCUT2D eigenvalue weighted by Crippen LogP contribution is -2.45. The van der Waals surface area contributed by atoms with Crippen LogP contribution in [0.15, 0.2) is 0 Å². The van der Waals surface area contributed by atoms with Gasteiger partial charge < -0.3 is 16.4 Å². The Hall–Kier alpha value is -0.770. The summed E-state index contributed by atoms with van der Waals surface area (Å²) in [7, 11) is 0. The molecule has 0 saturated carbocycles. The van der Waals surface area contributed by atoms with Crippen LogP contribution in [0.5, 0.6) is 0 Å². The summed E-state index contributed by atoms with van der Waals surface area (Å²) in [6.45, 7) is 4.58. The third-order valence-electron chi connectivity index (χ3n) is 1.42. The highest BCUT2D eigenvalue weighted by atomic mass is 16.2. The van der Waals surface area contributed by atoms with Crippen molar-refractivity contribution in [3.63, 3.8) is 0 Å². The molecule has 4 heteroatoms. The van der Waals surface area contributed by atoms with E-state index >= 15 is 0 Å². The number of unbranched alkanes of at least 4 members (excludes halogenated alkanes) is 2. The van der Waals surface area contributed by atoms with Gasteiger partial charge in [-0.25, -0.2) is 4.79 Å². The van der Waals surface area contributed by atoms with E-state index in [0.717, 1.165) is 25.8 Å². The number of nitrogens with two attached hydrogens (primary N) is 1. The van der Waals surface area contributed by atoms with E-state index in [4.69, 9.17) is 5.73 Å². The van der Waals surface area contributed by atoms with Gasteiger partial charge in [-0.05, 0) is 13.3 Å². The molecule has 2 amide bonds. The lowest BCUT2D eigenvalue weighted by atomic mass is 10.2. The number of amides is 2. The highest BCUT2D eigenvalue weighted by molar-refractivity contribution is 5.73. The molecule has 0 aromatic heterocycles. The average molecular weight is 173 g/mol. The fourth-order valence-electron chi connectivity index (χ4n) is 0.835. The quantitative estimate of drug-likeness (QED) is 0.425. The number of hydrogen-bond donors (Lipinski definition) is 3. The second kappa shape index (κ2) is 6.91. The Bertz CT molecular complexity index is 125. The van der Waals surface area contributed by atoms with Crippen LogP contribution in [0.4, 0.5) is 4.79 Å². The second-order valence-corrected chi connectivity index (χ2v) is 2.90. The van der Waals surface area contributed by atoms with E-state index in [1.807, 2.05) is 0 Å². The Morgan fingerprint density at radius 3 is 2.67 bits per heavy atom. The maximum Gasteiger partial charge on any atom is 0.315 e. The Labute approximate surface area is 73.9 Å². The molecule has 12 heavy (non-hydrogen) atoms. The molecule has 0 radical (unpaired) electrons. The molecule has 1 unspecified atom stereocenters. The minimum absolute atomic E-state index is 0.180. The SMILES string of the molecule is CCCCCNC(=O)NC(C)N. The van der Waals surface area contributed by atoms with Gasteiger partial charge in [0.15, 0.2) is 0 Å². The molecule has 0 bridgehead atoms. The van der Waals surface area contributed by atoms with Crippen molar-refractivity contribution < 1.29 is 4.79 Å². The van der Waals surface area contributed by atoms with Gasteiger partial charge in [-0.1, -0.05) is 19.8 Å². The number of rotatable bonds is 5. The van der Waals surface area contributed by atoms with E-state index in [2.05, 4.69) is 17.6 Å². The predicted octanol–water partition coefficient (Wildman–Crippen LogP) is 0.780. The van der Waals surface area contributed by atoms with E-state index in [1.165, 1.54) is 0 Å². The van der Waals surface area contributed by atoms with Crippen molar-refractivity contribution in [2.45, 2.75) is 39.3 Å². The molecule has 4 N–H and O–H groups in total. The van der Waals surface area contributed by atoms with Gasteiger partial charge in [0, 0.05) is 6.54 Å². The number of urea groups is 1. The number of carbonyl (C=O) groups excluding carboxylic acids is 1. The molecule has 4 nitrogen and oxygen atoms in total. The molecule has 0 aromatic carbocycles. The van der Waals surface area contributed by atoms with E-state index in [0.29, 0.717) is 0 Å². The lowest BCUT2D eigenvalue weighted by Gasteiger charge is -2.09. The van der Waals surface area contributed by atoms with Crippen LogP contribution in [0, 0.1) is 0 Å². The topological polar surface area (TPSA) is 67.2 Å². The Kier molecular flexibility index (Phi) is 6.47. The third-order valence-corrected chi connectivity index (χ3v) is 1.42. The molecule has 0 rings (SSSR count). The van der Waals surface area contributed by atoms with Crippen LogP contribution in [0.1, 0.15) is 33.1 Å². The zero-order chi connectivity index (χ0) is 9.40. The van der Waals surface area contributed by atoms with Crippen molar-refractivity contribution in [2.24, 2.45) is 5.73 Å². The first kappa shape index (κ1) is 11.2. The van der Waals surface area contributed by atoms with Crippen molar-refractivity contribution >= 4 is 6.03 Å². The van der Waals surface area contributed by atoms with Crippen molar-refractivity contribution in [2.75, 3.05) is 6.54 Å². The minimum Gasteiger partial charge on any atom is -0.338 e. The molecule has 1 atom stereocenters. The predicted molar refractivity (Wildman–Crippen MR) is 49.7 cm³/mol. The second-order valence-electron chi connectivity index (χ2n) is 2.90. The van der Waals surface area contributed by atoms with Gasteiger partial charge in [-0.3, -0.25) is 0 Å². The molecule has 0 aliphatic carbocycles. The standard InChI is InChI=1S/C8H19N3O/c1-3-4-5-6-10-8(12)11-7(2)9/h7H,3-6,9H2,1-2H3,(H2,10,11,12). The molecule has 0 heterocycles. The lowest BCUT2D eigenvalue weighted by molar-refractivity contribution is 0.238. The van der Waals surface area contributed by atoms with Gasteiger partial charge in [0.2, 0.25) is 0 Å². The van der Waals surface area contributed by atoms with Crippen LogP contribution in [0.3, 0.4) is 0 Å². The van der Waals surface area contributed by atoms with Gasteiger partial charge in [0.1, 0.15) is 0 Å². The first-order valence-corrected chi connectivity index (χ1v) is 4.46. The van der Waals surface area contributed by atoms with Crippen molar-refractivity contribution in [1.82, 2.24) is 10.6 Å². The Morgan fingerprint density at radius 2 is 2.17 bits per heavy atom. The summed E-state index contributed by atoms with van der Waals surface area (Å²) in [6.07, 6.45) is 3.06. The van der Waals surface area contributed by atoms with E-state index < -0.39 is 0 Å². The molecule has 0 fully saturated rings. The largest absolute Gasteiger partial charge is 0.338 e. The van der Waals surface area contributed by atoms with Crippen LogP contribution >= 0.6 is 0 Å². The van der Waals surface area contributed by atoms with Crippen molar-refractivity contribution in [3.8, 4) is 0 Å². The van der Waals surface area contributed by atoms with Crippen LogP contribution in [0.2, 0.25) is 0 Å². The molecule has 0 aliphatic rings. The van der Waals surface area contributed by atoms with Crippen molar-refractivity contribution in [1.29, 1.82) is 0 Å². The summed E-state index contributed by atoms with van der Waals surface area (Å²) in [6, 6.07) is -0.180. The molecular weight excluding hydrogens is 154 g/mol. The van der Waals surface area contributed by atoms with Crippen LogP contribution < -0.4 is 16.4 Å². The van der Waals surface area contributed by atoms with Gasteiger partial charge in [-0.15, -0.1) is 0 Å². The van der Waals surface area contributed by atoms with E-state index in [-0.39, 0.29) is 12.2 Å². The van der Waals surface area contributed by atoms with Gasteiger partial charge in [-0.2, -0.15) is 0 Å². The first-order valence-electron chi connectivity index (χ1n) is 4.46. The molecule has 0 saturated heterocycles. The fraction of sp³-hybridized carbons (Fsp3) is 0.875. The van der Waals surface area contributed by atoms with Gasteiger partial charge in [0.25, 0.3) is 0 Å². The summed E-state index contributed by atoms with van der Waals surface area (Å²) in [4.78, 5) is 10.9. The van der Waals surface area contributed by atoms with Crippen LogP contribution in [-0.2, 0) is 0 Å². The van der Waals surface area contributed by atoms with Crippen LogP contribution in [-0.4, -0.2) is 18.7 Å². The molecular formula is C8H19N3O. The average Bonchev–Trinajstić information content (AvgIpc) is 1.97. The van der Waals surface area contributed by atoms with Crippen molar-refractivity contribution in [3.05, 3.63) is 0 Å². The monoisotopic (exact) mass is 173 g/mol. The van der Waals surface area contributed by atoms with E-state index in [1.54, 1.807) is 6.92 Å². The molecule has 0 spiro atoms. The van der Waals surface area contributed by atoms with Gasteiger partial charge in [0.05, 0.1) is 6.17 Å². The first-order chi connectivity index (χ1) is 5.66. The smallest absolute Gasteiger partial charge is 0.315 e. The fourth-order valence-corrected chi connectivity index (χ4v) is 0.835. The third kappa shape index (κ3) is 7.34. The number of nitrogens with one attached hydrogen (secondary N) is 2. The minimum atomic E-state index is -0.281. The molecule has 0 aliphatic heterocycles. The maximum absolute atomic E-state index is 10.9. The Morgan fingerprint density at radius 1 is 1.50 bits per heavy atom. The normalized spacial score (nSPS) is 12.2. The summed E-state index contributed by atoms with van der Waals surface area (Å²) >= 11 is 0. The molecule has 0 aromatic rings. The molecule has 72 valence electrons. The summed E-state index contributed by atoms with van der Waals surface area (Å²) in [5.74, 6) is 0.